The molecule has 254 valence electrons. The molecule has 0 bridgehead atoms. The molecule has 0 saturated heterocycles. The fraction of sp³-hybridized carbons (Fsp3) is 0.0600. The van der Waals surface area contributed by atoms with Crippen LogP contribution in [0.2, 0.25) is 0 Å². The lowest BCUT2D eigenvalue weighted by Gasteiger charge is -2.25. The Balaban J connectivity index is 1.12. The van der Waals surface area contributed by atoms with Gasteiger partial charge in [-0.2, -0.15) is 0 Å². The van der Waals surface area contributed by atoms with E-state index in [9.17, 15) is 0 Å². The molecule has 4 heteroatoms. The van der Waals surface area contributed by atoms with Crippen LogP contribution in [0.4, 0.5) is 0 Å². The van der Waals surface area contributed by atoms with Gasteiger partial charge < -0.3 is 0 Å². The minimum atomic E-state index is -0.213. The van der Waals surface area contributed by atoms with Crippen LogP contribution in [0, 0.1) is 0 Å². The highest BCUT2D eigenvalue weighted by Gasteiger charge is 2.38. The topological polar surface area (TPSA) is 38.7 Å². The van der Waals surface area contributed by atoms with Crippen molar-refractivity contribution < 1.29 is 0 Å². The van der Waals surface area contributed by atoms with E-state index < -0.39 is 0 Å². The summed E-state index contributed by atoms with van der Waals surface area (Å²) in [5.41, 5.74) is 13.2. The number of pyridine rings is 1. The number of hydrogen-bond donors (Lipinski definition) is 0. The summed E-state index contributed by atoms with van der Waals surface area (Å²) in [5, 5.41) is 6.01. The molecule has 0 aliphatic heterocycles. The quantitative estimate of drug-likeness (QED) is 0.183. The summed E-state index contributed by atoms with van der Waals surface area (Å²) in [4.78, 5) is 16.0. The second-order valence-electron chi connectivity index (χ2n) is 14.8. The van der Waals surface area contributed by atoms with Crippen LogP contribution in [0.5, 0.6) is 0 Å². The van der Waals surface area contributed by atoms with E-state index in [2.05, 4.69) is 172 Å². The van der Waals surface area contributed by atoms with Crippen LogP contribution in [-0.2, 0) is 5.41 Å². The molecule has 3 heterocycles. The summed E-state index contributed by atoms with van der Waals surface area (Å²) in [7, 11) is 0. The highest BCUT2D eigenvalue weighted by molar-refractivity contribution is 7.26. The monoisotopic (exact) mass is 707 g/mol. The summed E-state index contributed by atoms with van der Waals surface area (Å²) in [6, 6.07) is 58.5. The zero-order valence-corrected chi connectivity index (χ0v) is 30.7. The third-order valence-corrected chi connectivity index (χ3v) is 12.4. The van der Waals surface area contributed by atoms with E-state index in [0.29, 0.717) is 5.82 Å². The molecule has 0 spiro atoms. The number of nitrogens with zero attached hydrogens (tertiary/aromatic N) is 3. The molecule has 1 aliphatic rings. The highest BCUT2D eigenvalue weighted by Crippen LogP contribution is 2.54. The lowest BCUT2D eigenvalue weighted by molar-refractivity contribution is 0.662. The predicted molar refractivity (Wildman–Crippen MR) is 227 cm³/mol. The first-order valence-corrected chi connectivity index (χ1v) is 19.3. The second kappa shape index (κ2) is 11.8. The van der Waals surface area contributed by atoms with Crippen LogP contribution in [0.25, 0.3) is 98.1 Å². The van der Waals surface area contributed by atoms with Gasteiger partial charge in [-0.15, -0.1) is 11.3 Å². The summed E-state index contributed by atoms with van der Waals surface area (Å²) in [6.07, 6.45) is 0. The minimum absolute atomic E-state index is 0.213. The van der Waals surface area contributed by atoms with Gasteiger partial charge >= 0.3 is 0 Å². The Bertz CT molecular complexity index is 3120. The van der Waals surface area contributed by atoms with Gasteiger partial charge in [0.1, 0.15) is 0 Å². The average Bonchev–Trinajstić information content (AvgIpc) is 3.72. The van der Waals surface area contributed by atoms with Crippen LogP contribution >= 0.6 is 11.3 Å². The van der Waals surface area contributed by atoms with E-state index in [1.165, 1.54) is 58.8 Å². The van der Waals surface area contributed by atoms with E-state index in [0.717, 1.165) is 44.7 Å². The fourth-order valence-corrected chi connectivity index (χ4v) is 9.90. The van der Waals surface area contributed by atoms with Crippen molar-refractivity contribution in [1.29, 1.82) is 0 Å². The maximum Gasteiger partial charge on any atom is 0.160 e. The Morgan fingerprint density at radius 1 is 0.481 bits per heavy atom. The molecule has 0 unspecified atom stereocenters. The average molecular weight is 708 g/mol. The van der Waals surface area contributed by atoms with Crippen molar-refractivity contribution in [2.75, 3.05) is 0 Å². The number of fused-ring (bicyclic) bond motifs is 9. The van der Waals surface area contributed by atoms with Gasteiger partial charge in [0.2, 0.25) is 0 Å². The van der Waals surface area contributed by atoms with Gasteiger partial charge in [-0.05, 0) is 51.2 Å². The maximum absolute atomic E-state index is 5.38. The molecule has 11 rings (SSSR count). The molecule has 3 aromatic heterocycles. The van der Waals surface area contributed by atoms with Crippen molar-refractivity contribution in [1.82, 2.24) is 15.0 Å². The second-order valence-corrected chi connectivity index (χ2v) is 15.8. The Labute approximate surface area is 317 Å². The van der Waals surface area contributed by atoms with Crippen molar-refractivity contribution in [3.8, 4) is 56.3 Å². The van der Waals surface area contributed by atoms with E-state index in [4.69, 9.17) is 15.0 Å². The number of rotatable bonds is 4. The Hall–Kier alpha value is -6.49. The normalized spacial score (nSPS) is 13.1. The Morgan fingerprint density at radius 2 is 1.13 bits per heavy atom. The molecule has 0 atom stereocenters. The first kappa shape index (κ1) is 31.1. The maximum atomic E-state index is 5.38. The smallest absolute Gasteiger partial charge is 0.160 e. The Morgan fingerprint density at radius 3 is 1.96 bits per heavy atom. The van der Waals surface area contributed by atoms with Gasteiger partial charge in [0.15, 0.2) is 5.82 Å². The van der Waals surface area contributed by atoms with Crippen LogP contribution < -0.4 is 0 Å². The molecule has 0 saturated carbocycles. The van der Waals surface area contributed by atoms with Crippen molar-refractivity contribution in [3.63, 3.8) is 0 Å². The van der Waals surface area contributed by atoms with Crippen LogP contribution in [-0.4, -0.2) is 15.0 Å². The molecule has 3 nitrogen and oxygen atoms in total. The molecular formula is C50H33N3S. The summed E-state index contributed by atoms with van der Waals surface area (Å²) >= 11 is 1.82. The summed E-state index contributed by atoms with van der Waals surface area (Å²) < 4.78 is 2.50. The van der Waals surface area contributed by atoms with Gasteiger partial charge in [0.25, 0.3) is 0 Å². The van der Waals surface area contributed by atoms with E-state index in [-0.39, 0.29) is 5.41 Å². The number of thiophene rings is 1. The lowest BCUT2D eigenvalue weighted by Crippen LogP contribution is -2.16. The molecule has 0 amide bonds. The molecule has 0 radical (unpaired) electrons. The minimum Gasteiger partial charge on any atom is -0.246 e. The molecule has 0 N–H and O–H groups in total. The fourth-order valence-electron chi connectivity index (χ4n) is 8.72. The molecular weight excluding hydrogens is 675 g/mol. The first-order chi connectivity index (χ1) is 26.5. The highest BCUT2D eigenvalue weighted by atomic mass is 32.1. The zero-order valence-electron chi connectivity index (χ0n) is 29.8. The third-order valence-electron chi connectivity index (χ3n) is 11.3. The van der Waals surface area contributed by atoms with Crippen LogP contribution in [0.3, 0.4) is 0 Å². The van der Waals surface area contributed by atoms with E-state index >= 15 is 0 Å². The molecule has 0 fully saturated rings. The molecule has 1 aliphatic carbocycles. The van der Waals surface area contributed by atoms with E-state index in [1.807, 2.05) is 17.4 Å². The molecule has 7 aromatic carbocycles. The van der Waals surface area contributed by atoms with Crippen molar-refractivity contribution in [2.24, 2.45) is 0 Å². The van der Waals surface area contributed by atoms with Crippen LogP contribution in [0.15, 0.2) is 164 Å². The number of hydrogen-bond acceptors (Lipinski definition) is 4. The molecule has 54 heavy (non-hydrogen) atoms. The number of aromatic nitrogens is 3. The zero-order chi connectivity index (χ0) is 36.0. The van der Waals surface area contributed by atoms with Crippen molar-refractivity contribution in [2.45, 2.75) is 19.3 Å². The first-order valence-electron chi connectivity index (χ1n) is 18.4. The van der Waals surface area contributed by atoms with Gasteiger partial charge in [-0.25, -0.2) is 15.0 Å². The summed E-state index contributed by atoms with van der Waals surface area (Å²) in [6.45, 7) is 4.70. The standard InChI is InChI=1S/C50H33N3S/c1-50(2)40-22-12-10-18-35(40)39-28-33-16-6-7-17-34(33)44(45(39)50)42-29-41(51-49(52-42)32-14-4-3-5-15-32)30-24-26-31(27-25-30)46-36-19-8-9-20-37(36)48-47(53-46)38-21-11-13-23-43(38)54-48/h3-29H,1-2H3. The third kappa shape index (κ3) is 4.63. The lowest BCUT2D eigenvalue weighted by atomic mass is 9.78. The van der Waals surface area contributed by atoms with Crippen LogP contribution in [0.1, 0.15) is 25.0 Å². The molecule has 10 aromatic rings. The van der Waals surface area contributed by atoms with Gasteiger partial charge in [-0.1, -0.05) is 159 Å². The van der Waals surface area contributed by atoms with Crippen molar-refractivity contribution >= 4 is 53.2 Å². The van der Waals surface area contributed by atoms with Gasteiger partial charge in [-0.3, -0.25) is 0 Å². The summed E-state index contributed by atoms with van der Waals surface area (Å²) in [5.74, 6) is 0.713. The van der Waals surface area contributed by atoms with Crippen molar-refractivity contribution in [3.05, 3.63) is 175 Å². The van der Waals surface area contributed by atoms with Gasteiger partial charge in [0.05, 0.1) is 27.3 Å². The number of benzene rings is 7. The predicted octanol–water partition coefficient (Wildman–Crippen LogP) is 13.5. The van der Waals surface area contributed by atoms with Gasteiger partial charge in [0, 0.05) is 48.5 Å². The Kier molecular flexibility index (Phi) is 6.77. The largest absolute Gasteiger partial charge is 0.246 e. The van der Waals surface area contributed by atoms with E-state index in [1.54, 1.807) is 0 Å². The SMILES string of the molecule is CC1(C)c2ccccc2-c2cc3ccccc3c(-c3cc(-c4ccc(-c5nc6c7ccccc7sc6c6ccccc56)cc4)nc(-c4ccccc4)n3)c21.